The fourth-order valence-corrected chi connectivity index (χ4v) is 1.79. The second kappa shape index (κ2) is 7.78. The molecular weight excluding hydrogens is 306 g/mol. The molecule has 3 N–H and O–H groups in total. The normalized spacial score (nSPS) is 11.8. The predicted molar refractivity (Wildman–Crippen MR) is 74.4 cm³/mol. The van der Waals surface area contributed by atoms with E-state index >= 15 is 0 Å². The smallest absolute Gasteiger partial charge is 0.319 e. The number of halogens is 3. The lowest BCUT2D eigenvalue weighted by atomic mass is 10.1. The first-order valence-electron chi connectivity index (χ1n) is 6.23. The van der Waals surface area contributed by atoms with Crippen molar-refractivity contribution in [3.8, 4) is 0 Å². The number of amides is 2. The number of hydrogen-bond donors (Lipinski definition) is 3. The first-order chi connectivity index (χ1) is 9.81. The lowest BCUT2D eigenvalue weighted by Crippen LogP contribution is -2.30. The third-order valence-electron chi connectivity index (χ3n) is 2.77. The van der Waals surface area contributed by atoms with E-state index in [1.807, 2.05) is 0 Å². The Morgan fingerprint density at radius 3 is 2.62 bits per heavy atom. The van der Waals surface area contributed by atoms with Gasteiger partial charge < -0.3 is 15.7 Å². The van der Waals surface area contributed by atoms with Crippen LogP contribution >= 0.6 is 11.6 Å². The van der Waals surface area contributed by atoms with Crippen LogP contribution in [-0.2, 0) is 4.79 Å². The van der Waals surface area contributed by atoms with Gasteiger partial charge in [0.05, 0.1) is 16.6 Å². The van der Waals surface area contributed by atoms with E-state index < -0.39 is 29.6 Å². The summed E-state index contributed by atoms with van der Waals surface area (Å²) in [6.45, 7) is 1.79. The van der Waals surface area contributed by atoms with Gasteiger partial charge in [-0.15, -0.1) is 0 Å². The van der Waals surface area contributed by atoms with Gasteiger partial charge in [0.15, 0.2) is 5.82 Å². The molecule has 1 rings (SSSR count). The van der Waals surface area contributed by atoms with Gasteiger partial charge in [-0.1, -0.05) is 18.5 Å². The largest absolute Gasteiger partial charge is 0.481 e. The van der Waals surface area contributed by atoms with Gasteiger partial charge in [0.1, 0.15) is 5.82 Å². The minimum absolute atomic E-state index is 0.226. The highest BCUT2D eigenvalue weighted by Gasteiger charge is 2.13. The SMILES string of the molecule is CC(CCCNC(=O)Nc1c(F)cc(F)cc1Cl)C(=O)O. The van der Waals surface area contributed by atoms with Crippen molar-refractivity contribution in [2.75, 3.05) is 11.9 Å². The van der Waals surface area contributed by atoms with Gasteiger partial charge in [-0.2, -0.15) is 0 Å². The Bertz CT molecular complexity index is 517. The summed E-state index contributed by atoms with van der Waals surface area (Å²) < 4.78 is 26.3. The predicted octanol–water partition coefficient (Wildman–Crippen LogP) is 3.24. The summed E-state index contributed by atoms with van der Waals surface area (Å²) in [5.74, 6) is -3.22. The molecule has 0 aliphatic carbocycles. The number of carbonyl (C=O) groups is 2. The maximum atomic E-state index is 13.4. The molecule has 1 aromatic carbocycles. The molecule has 21 heavy (non-hydrogen) atoms. The number of anilines is 1. The van der Waals surface area contributed by atoms with Gasteiger partial charge in [-0.25, -0.2) is 13.6 Å². The number of benzene rings is 1. The van der Waals surface area contributed by atoms with Crippen molar-refractivity contribution in [2.45, 2.75) is 19.8 Å². The summed E-state index contributed by atoms with van der Waals surface area (Å²) in [6.07, 6.45) is 0.863. The minimum Gasteiger partial charge on any atom is -0.481 e. The fourth-order valence-electron chi connectivity index (χ4n) is 1.55. The van der Waals surface area contributed by atoms with Crippen molar-refractivity contribution in [1.29, 1.82) is 0 Å². The maximum absolute atomic E-state index is 13.4. The summed E-state index contributed by atoms with van der Waals surface area (Å²) in [6, 6.07) is 0.788. The number of urea groups is 1. The van der Waals surface area contributed by atoms with Crippen molar-refractivity contribution in [3.63, 3.8) is 0 Å². The average molecular weight is 321 g/mol. The van der Waals surface area contributed by atoms with E-state index in [4.69, 9.17) is 16.7 Å². The second-order valence-corrected chi connectivity index (χ2v) is 4.91. The van der Waals surface area contributed by atoms with Gasteiger partial charge in [-0.05, 0) is 18.9 Å². The van der Waals surface area contributed by atoms with Crippen LogP contribution in [0.1, 0.15) is 19.8 Å². The van der Waals surface area contributed by atoms with Gasteiger partial charge in [0.25, 0.3) is 0 Å². The Hall–Kier alpha value is -1.89. The van der Waals surface area contributed by atoms with E-state index in [2.05, 4.69) is 10.6 Å². The Balaban J connectivity index is 2.43. The lowest BCUT2D eigenvalue weighted by molar-refractivity contribution is -0.141. The first kappa shape index (κ1) is 17.2. The lowest BCUT2D eigenvalue weighted by Gasteiger charge is -2.10. The minimum atomic E-state index is -0.977. The van der Waals surface area contributed by atoms with Crippen LogP contribution in [-0.4, -0.2) is 23.7 Å². The molecule has 5 nitrogen and oxygen atoms in total. The molecule has 116 valence electrons. The monoisotopic (exact) mass is 320 g/mol. The summed E-state index contributed by atoms with van der Waals surface area (Å²) in [5, 5.41) is 13.0. The molecule has 1 aromatic rings. The molecule has 1 unspecified atom stereocenters. The number of carboxylic acids is 1. The standard InChI is InChI=1S/C13H15ClF2N2O3/c1-7(12(19)20)3-2-4-17-13(21)18-11-9(14)5-8(15)6-10(11)16/h5-7H,2-4H2,1H3,(H,19,20)(H2,17,18,21). The van der Waals surface area contributed by atoms with Gasteiger partial charge in [0, 0.05) is 12.6 Å². The van der Waals surface area contributed by atoms with Crippen LogP contribution in [0.5, 0.6) is 0 Å². The quantitative estimate of drug-likeness (QED) is 0.704. The van der Waals surface area contributed by atoms with Crippen LogP contribution in [0.25, 0.3) is 0 Å². The Morgan fingerprint density at radius 2 is 2.05 bits per heavy atom. The number of hydrogen-bond acceptors (Lipinski definition) is 2. The zero-order valence-corrected chi connectivity index (χ0v) is 12.0. The molecule has 0 heterocycles. The highest BCUT2D eigenvalue weighted by molar-refractivity contribution is 6.33. The second-order valence-electron chi connectivity index (χ2n) is 4.51. The van der Waals surface area contributed by atoms with E-state index in [9.17, 15) is 18.4 Å². The molecule has 0 saturated carbocycles. The van der Waals surface area contributed by atoms with E-state index in [-0.39, 0.29) is 17.3 Å². The van der Waals surface area contributed by atoms with Crippen LogP contribution in [0.15, 0.2) is 12.1 Å². The molecule has 0 bridgehead atoms. The van der Waals surface area contributed by atoms with E-state index in [1.165, 1.54) is 0 Å². The topological polar surface area (TPSA) is 78.4 Å². The molecule has 2 amide bonds. The number of carboxylic acid groups (broad SMARTS) is 1. The fraction of sp³-hybridized carbons (Fsp3) is 0.385. The highest BCUT2D eigenvalue weighted by Crippen LogP contribution is 2.26. The highest BCUT2D eigenvalue weighted by atomic mass is 35.5. The van der Waals surface area contributed by atoms with Crippen molar-refractivity contribution in [2.24, 2.45) is 5.92 Å². The molecule has 0 radical (unpaired) electrons. The summed E-state index contributed by atoms with van der Waals surface area (Å²) in [5.41, 5.74) is -0.311. The molecule has 0 spiro atoms. The van der Waals surface area contributed by atoms with E-state index in [0.717, 1.165) is 6.07 Å². The number of rotatable bonds is 6. The van der Waals surface area contributed by atoms with Crippen LogP contribution in [0, 0.1) is 17.6 Å². The summed E-state index contributed by atoms with van der Waals surface area (Å²) >= 11 is 5.63. The van der Waals surface area contributed by atoms with Gasteiger partial charge >= 0.3 is 12.0 Å². The molecule has 0 aromatic heterocycles. The molecule has 0 saturated heterocycles. The molecule has 8 heteroatoms. The number of carbonyl (C=O) groups excluding carboxylic acids is 1. The summed E-state index contributed by atoms with van der Waals surface area (Å²) in [4.78, 5) is 22.1. The number of nitrogens with one attached hydrogen (secondary N) is 2. The zero-order chi connectivity index (χ0) is 16.0. The van der Waals surface area contributed by atoms with Crippen LogP contribution in [0.4, 0.5) is 19.3 Å². The van der Waals surface area contributed by atoms with Crippen molar-refractivity contribution >= 4 is 29.3 Å². The van der Waals surface area contributed by atoms with Crippen LogP contribution in [0.3, 0.4) is 0 Å². The van der Waals surface area contributed by atoms with Crippen molar-refractivity contribution < 1.29 is 23.5 Å². The molecule has 0 aliphatic heterocycles. The molecule has 0 fully saturated rings. The molecule has 1 atom stereocenters. The van der Waals surface area contributed by atoms with Crippen LogP contribution in [0.2, 0.25) is 5.02 Å². The van der Waals surface area contributed by atoms with E-state index in [0.29, 0.717) is 18.9 Å². The summed E-state index contributed by atoms with van der Waals surface area (Å²) in [7, 11) is 0. The first-order valence-corrected chi connectivity index (χ1v) is 6.61. The van der Waals surface area contributed by atoms with Gasteiger partial charge in [-0.3, -0.25) is 4.79 Å². The zero-order valence-electron chi connectivity index (χ0n) is 11.3. The number of aliphatic carboxylic acids is 1. The van der Waals surface area contributed by atoms with E-state index in [1.54, 1.807) is 6.92 Å². The molecular formula is C13H15ClF2N2O3. The van der Waals surface area contributed by atoms with Crippen molar-refractivity contribution in [3.05, 3.63) is 28.8 Å². The third-order valence-corrected chi connectivity index (χ3v) is 3.06. The Morgan fingerprint density at radius 1 is 1.38 bits per heavy atom. The maximum Gasteiger partial charge on any atom is 0.319 e. The average Bonchev–Trinajstić information content (AvgIpc) is 2.38. The van der Waals surface area contributed by atoms with Crippen molar-refractivity contribution in [1.82, 2.24) is 5.32 Å². The molecule has 0 aliphatic rings. The Labute approximate surface area is 125 Å². The van der Waals surface area contributed by atoms with Gasteiger partial charge in [0.2, 0.25) is 0 Å². The van der Waals surface area contributed by atoms with Crippen LogP contribution < -0.4 is 10.6 Å². The third kappa shape index (κ3) is 5.55. The Kier molecular flexibility index (Phi) is 6.36.